The number of H-pyrrole nitrogens is 1. The van der Waals surface area contributed by atoms with Gasteiger partial charge >= 0.3 is 6.18 Å². The summed E-state index contributed by atoms with van der Waals surface area (Å²) in [6.07, 6.45) is 0.148. The largest absolute Gasteiger partial charge is 0.418 e. The van der Waals surface area contributed by atoms with Gasteiger partial charge in [-0.2, -0.15) is 13.2 Å². The molecule has 1 aliphatic rings. The molecule has 2 heterocycles. The molecule has 1 saturated carbocycles. The fourth-order valence-corrected chi connectivity index (χ4v) is 2.31. The van der Waals surface area contributed by atoms with E-state index in [1.165, 1.54) is 6.20 Å². The molecule has 0 saturated heterocycles. The van der Waals surface area contributed by atoms with Crippen molar-refractivity contribution in [3.05, 3.63) is 23.7 Å². The summed E-state index contributed by atoms with van der Waals surface area (Å²) >= 11 is 0. The van der Waals surface area contributed by atoms with Crippen molar-refractivity contribution >= 4 is 17.1 Å². The van der Waals surface area contributed by atoms with Crippen molar-refractivity contribution in [2.24, 2.45) is 0 Å². The van der Waals surface area contributed by atoms with E-state index in [0.717, 1.165) is 25.5 Å². The van der Waals surface area contributed by atoms with Gasteiger partial charge < -0.3 is 15.4 Å². The Balaban J connectivity index is 1.85. The van der Waals surface area contributed by atoms with Gasteiger partial charge in [0.25, 0.3) is 5.91 Å². The lowest BCUT2D eigenvalue weighted by molar-refractivity contribution is -0.260. The Hall–Kier alpha value is -2.16. The highest BCUT2D eigenvalue weighted by atomic mass is 19.4. The van der Waals surface area contributed by atoms with E-state index in [9.17, 15) is 23.1 Å². The van der Waals surface area contributed by atoms with E-state index in [1.54, 1.807) is 6.20 Å². The average Bonchev–Trinajstić information content (AvgIpc) is 3.25. The van der Waals surface area contributed by atoms with Gasteiger partial charge in [0.2, 0.25) is 0 Å². The zero-order valence-corrected chi connectivity index (χ0v) is 13.1. The molecule has 2 atom stereocenters. The number of carbonyl (C=O) groups is 1. The number of fused-ring (bicyclic) bond motifs is 1. The molecule has 9 heteroatoms. The van der Waals surface area contributed by atoms with Crippen molar-refractivity contribution in [2.75, 3.05) is 0 Å². The molecule has 0 radical (unpaired) electrons. The van der Waals surface area contributed by atoms with Crippen LogP contribution in [0.15, 0.2) is 12.4 Å². The molecule has 24 heavy (non-hydrogen) atoms. The van der Waals surface area contributed by atoms with Crippen LogP contribution in [-0.2, 0) is 0 Å². The van der Waals surface area contributed by atoms with Crippen LogP contribution in [0.5, 0.6) is 0 Å². The molecular weight excluding hydrogens is 325 g/mol. The van der Waals surface area contributed by atoms with E-state index in [1.807, 2.05) is 0 Å². The lowest BCUT2D eigenvalue weighted by atomic mass is 9.97. The maximum atomic E-state index is 12.8. The first-order valence-corrected chi connectivity index (χ1v) is 7.55. The van der Waals surface area contributed by atoms with Gasteiger partial charge in [0, 0.05) is 12.1 Å². The third-order valence-electron chi connectivity index (χ3n) is 4.40. The molecule has 0 aromatic carbocycles. The predicted molar refractivity (Wildman–Crippen MR) is 79.5 cm³/mol. The molecule has 0 aliphatic heterocycles. The van der Waals surface area contributed by atoms with Crippen LogP contribution in [0.4, 0.5) is 13.2 Å². The molecule has 0 unspecified atom stereocenters. The number of nitrogens with zero attached hydrogens (tertiary/aromatic N) is 2. The van der Waals surface area contributed by atoms with Crippen LogP contribution in [0, 0.1) is 0 Å². The number of alkyl halides is 3. The number of hydrogen-bond acceptors (Lipinski definition) is 4. The van der Waals surface area contributed by atoms with Gasteiger partial charge in [0.05, 0.1) is 23.5 Å². The molecule has 2 aromatic rings. The fourth-order valence-electron chi connectivity index (χ4n) is 2.31. The minimum atomic E-state index is -4.86. The first-order valence-electron chi connectivity index (χ1n) is 7.55. The number of amides is 1. The zero-order chi connectivity index (χ0) is 17.7. The molecule has 3 N–H and O–H groups in total. The fraction of sp³-hybridized carbons (Fsp3) is 0.533. The molecule has 1 fully saturated rings. The number of hydrogen-bond donors (Lipinski definition) is 3. The molecule has 2 aromatic heterocycles. The molecule has 0 spiro atoms. The normalized spacial score (nSPS) is 19.1. The average molecular weight is 342 g/mol. The van der Waals surface area contributed by atoms with Crippen LogP contribution in [0.25, 0.3) is 11.2 Å². The highest BCUT2D eigenvalue weighted by Crippen LogP contribution is 2.39. The minimum absolute atomic E-state index is 0.102. The number of carbonyl (C=O) groups excluding carboxylic acids is 1. The summed E-state index contributed by atoms with van der Waals surface area (Å²) in [4.78, 5) is 23.7. The molecule has 0 bridgehead atoms. The lowest BCUT2D eigenvalue weighted by Gasteiger charge is -2.32. The number of nitrogens with one attached hydrogen (secondary N) is 2. The van der Waals surface area contributed by atoms with Crippen molar-refractivity contribution in [3.8, 4) is 0 Å². The second-order valence-electron chi connectivity index (χ2n) is 6.31. The Morgan fingerprint density at radius 2 is 2.12 bits per heavy atom. The van der Waals surface area contributed by atoms with Crippen LogP contribution >= 0.6 is 0 Å². The summed E-state index contributed by atoms with van der Waals surface area (Å²) in [6, 6.07) is -1.53. The standard InChI is InChI=1S/C15H17F3N4O2/c1-7(14(2,24)15(16,17)18)21-13(23)9-5-19-12-11(9)22-10(6-20-12)8-3-4-8/h5-8,24H,3-4H2,1-2H3,(H,19,20)(H,21,23)/t7-,14-/m0/s1. The molecule has 1 aliphatic carbocycles. The minimum Gasteiger partial charge on any atom is -0.379 e. The van der Waals surface area contributed by atoms with Gasteiger partial charge in [-0.15, -0.1) is 0 Å². The predicted octanol–water partition coefficient (Wildman–Crippen LogP) is 2.27. The van der Waals surface area contributed by atoms with E-state index in [4.69, 9.17) is 0 Å². The molecule has 6 nitrogen and oxygen atoms in total. The van der Waals surface area contributed by atoms with E-state index < -0.39 is 23.7 Å². The summed E-state index contributed by atoms with van der Waals surface area (Å²) < 4.78 is 38.5. The number of aromatic amines is 1. The van der Waals surface area contributed by atoms with Gasteiger partial charge in [0.1, 0.15) is 5.52 Å². The highest BCUT2D eigenvalue weighted by molar-refractivity contribution is 6.04. The lowest BCUT2D eigenvalue weighted by Crippen LogP contribution is -2.57. The second kappa shape index (κ2) is 5.44. The molecule has 1 amide bonds. The second-order valence-corrected chi connectivity index (χ2v) is 6.31. The summed E-state index contributed by atoms with van der Waals surface area (Å²) in [7, 11) is 0. The smallest absolute Gasteiger partial charge is 0.379 e. The van der Waals surface area contributed by atoms with Crippen molar-refractivity contribution in [2.45, 2.75) is 50.4 Å². The number of aromatic nitrogens is 3. The Kier molecular flexibility index (Phi) is 3.78. The first-order chi connectivity index (χ1) is 11.1. The van der Waals surface area contributed by atoms with Gasteiger partial charge in [-0.25, -0.2) is 9.97 Å². The van der Waals surface area contributed by atoms with Gasteiger partial charge in [-0.1, -0.05) is 0 Å². The Labute approximate surface area is 135 Å². The quantitative estimate of drug-likeness (QED) is 0.795. The topological polar surface area (TPSA) is 90.9 Å². The zero-order valence-electron chi connectivity index (χ0n) is 13.1. The number of halogens is 3. The van der Waals surface area contributed by atoms with Crippen LogP contribution < -0.4 is 5.32 Å². The SMILES string of the molecule is C[C@H](NC(=O)c1c[nH]c2ncc(C3CC3)nc12)[C@](C)(O)C(F)(F)F. The van der Waals surface area contributed by atoms with Crippen LogP contribution in [-0.4, -0.2) is 43.8 Å². The highest BCUT2D eigenvalue weighted by Gasteiger charge is 2.54. The third-order valence-corrected chi connectivity index (χ3v) is 4.40. The molecule has 130 valence electrons. The van der Waals surface area contributed by atoms with Crippen molar-refractivity contribution in [3.63, 3.8) is 0 Å². The van der Waals surface area contributed by atoms with Crippen LogP contribution in [0.1, 0.15) is 48.7 Å². The third kappa shape index (κ3) is 2.83. The summed E-state index contributed by atoms with van der Waals surface area (Å²) in [5.41, 5.74) is -1.47. The maximum Gasteiger partial charge on any atom is 0.418 e. The number of aliphatic hydroxyl groups is 1. The van der Waals surface area contributed by atoms with Crippen molar-refractivity contribution in [1.82, 2.24) is 20.3 Å². The van der Waals surface area contributed by atoms with E-state index >= 15 is 0 Å². The maximum absolute atomic E-state index is 12.8. The summed E-state index contributed by atoms with van der Waals surface area (Å²) in [6.45, 7) is 1.72. The monoisotopic (exact) mass is 342 g/mol. The Morgan fingerprint density at radius 3 is 2.71 bits per heavy atom. The van der Waals surface area contributed by atoms with Gasteiger partial charge in [0.15, 0.2) is 11.2 Å². The van der Waals surface area contributed by atoms with E-state index in [2.05, 4.69) is 20.3 Å². The van der Waals surface area contributed by atoms with Crippen LogP contribution in [0.3, 0.4) is 0 Å². The first kappa shape index (κ1) is 16.7. The number of rotatable bonds is 4. The van der Waals surface area contributed by atoms with Crippen LogP contribution in [0.2, 0.25) is 0 Å². The van der Waals surface area contributed by atoms with E-state index in [0.29, 0.717) is 24.0 Å². The van der Waals surface area contributed by atoms with Crippen molar-refractivity contribution in [1.29, 1.82) is 0 Å². The summed E-state index contributed by atoms with van der Waals surface area (Å²) in [5, 5.41) is 11.8. The van der Waals surface area contributed by atoms with Gasteiger partial charge in [-0.05, 0) is 26.7 Å². The molecule has 3 rings (SSSR count). The molecular formula is C15H17F3N4O2. The summed E-state index contributed by atoms with van der Waals surface area (Å²) in [5.74, 6) is -0.418. The Morgan fingerprint density at radius 1 is 1.46 bits per heavy atom. The van der Waals surface area contributed by atoms with E-state index in [-0.39, 0.29) is 5.56 Å². The Bertz CT molecular complexity index is 781. The van der Waals surface area contributed by atoms with Crippen molar-refractivity contribution < 1.29 is 23.1 Å². The van der Waals surface area contributed by atoms with Gasteiger partial charge in [-0.3, -0.25) is 4.79 Å².